The Kier molecular flexibility index (Phi) is 5.33. The SMILES string of the molecule is CCc1cc(CN(N)S(=O)[O-])ccc1N(C)c1cc2c(cn1)ncn2C. The second-order valence-corrected chi connectivity index (χ2v) is 6.96. The number of anilines is 2. The van der Waals surface area contributed by atoms with Gasteiger partial charge in [-0.15, -0.1) is 0 Å². The first-order valence-electron chi connectivity index (χ1n) is 8.15. The highest BCUT2D eigenvalue weighted by atomic mass is 32.2. The number of nitrogens with zero attached hydrogens (tertiary/aromatic N) is 5. The van der Waals surface area contributed by atoms with Crippen molar-refractivity contribution in [3.8, 4) is 0 Å². The van der Waals surface area contributed by atoms with Crippen LogP contribution in [0.3, 0.4) is 0 Å². The summed E-state index contributed by atoms with van der Waals surface area (Å²) < 4.78 is 24.5. The lowest BCUT2D eigenvalue weighted by molar-refractivity contribution is 0.394. The lowest BCUT2D eigenvalue weighted by Gasteiger charge is -2.23. The van der Waals surface area contributed by atoms with Crippen molar-refractivity contribution in [1.82, 2.24) is 18.9 Å². The van der Waals surface area contributed by atoms with E-state index >= 15 is 0 Å². The van der Waals surface area contributed by atoms with Gasteiger partial charge in [0, 0.05) is 37.1 Å². The molecule has 138 valence electrons. The van der Waals surface area contributed by atoms with Gasteiger partial charge in [-0.25, -0.2) is 9.97 Å². The largest absolute Gasteiger partial charge is 0.759 e. The third-order valence-corrected chi connectivity index (χ3v) is 4.87. The molecule has 0 bridgehead atoms. The number of hydrogen-bond acceptors (Lipinski definition) is 6. The highest BCUT2D eigenvalue weighted by Gasteiger charge is 2.13. The zero-order valence-electron chi connectivity index (χ0n) is 14.9. The van der Waals surface area contributed by atoms with E-state index in [1.165, 1.54) is 0 Å². The Morgan fingerprint density at radius 1 is 1.31 bits per heavy atom. The molecule has 0 spiro atoms. The summed E-state index contributed by atoms with van der Waals surface area (Å²) in [5, 5.41) is 0. The minimum atomic E-state index is -2.44. The smallest absolute Gasteiger partial charge is 0.134 e. The maximum absolute atomic E-state index is 10.9. The van der Waals surface area contributed by atoms with Crippen LogP contribution in [0, 0.1) is 0 Å². The fraction of sp³-hybridized carbons (Fsp3) is 0.294. The van der Waals surface area contributed by atoms with Crippen LogP contribution in [0.25, 0.3) is 11.0 Å². The minimum absolute atomic E-state index is 0.131. The van der Waals surface area contributed by atoms with Crippen LogP contribution in [0.4, 0.5) is 11.5 Å². The molecule has 1 aromatic carbocycles. The van der Waals surface area contributed by atoms with Gasteiger partial charge in [0.2, 0.25) is 0 Å². The Morgan fingerprint density at radius 3 is 2.77 bits per heavy atom. The van der Waals surface area contributed by atoms with Crippen molar-refractivity contribution in [3.05, 3.63) is 47.9 Å². The van der Waals surface area contributed by atoms with Gasteiger partial charge in [-0.3, -0.25) is 10.1 Å². The predicted octanol–water partition coefficient (Wildman–Crippen LogP) is 1.77. The summed E-state index contributed by atoms with van der Waals surface area (Å²) in [7, 11) is 3.91. The molecular formula is C17H21N6O2S-. The first-order chi connectivity index (χ1) is 12.4. The van der Waals surface area contributed by atoms with Gasteiger partial charge in [0.15, 0.2) is 0 Å². The first-order valence-corrected chi connectivity index (χ1v) is 9.18. The third-order valence-electron chi connectivity index (χ3n) is 4.36. The molecular weight excluding hydrogens is 352 g/mol. The molecule has 0 amide bonds. The molecule has 0 aliphatic carbocycles. The maximum Gasteiger partial charge on any atom is 0.134 e. The number of benzene rings is 1. The number of aromatic nitrogens is 3. The van der Waals surface area contributed by atoms with E-state index in [4.69, 9.17) is 5.84 Å². The van der Waals surface area contributed by atoms with Gasteiger partial charge < -0.3 is 14.0 Å². The Balaban J connectivity index is 1.93. The van der Waals surface area contributed by atoms with Gasteiger partial charge in [0.05, 0.1) is 24.6 Å². The molecule has 0 fully saturated rings. The molecule has 0 aliphatic rings. The van der Waals surface area contributed by atoms with Crippen LogP contribution in [0.15, 0.2) is 36.8 Å². The van der Waals surface area contributed by atoms with E-state index in [1.54, 1.807) is 12.5 Å². The second kappa shape index (κ2) is 7.50. The molecule has 0 aliphatic heterocycles. The summed E-state index contributed by atoms with van der Waals surface area (Å²) in [5.41, 5.74) is 4.79. The molecule has 3 rings (SSSR count). The summed E-state index contributed by atoms with van der Waals surface area (Å²) in [6, 6.07) is 7.81. The molecule has 2 N–H and O–H groups in total. The number of fused-ring (bicyclic) bond motifs is 1. The van der Waals surface area contributed by atoms with E-state index in [-0.39, 0.29) is 6.54 Å². The van der Waals surface area contributed by atoms with Crippen molar-refractivity contribution in [3.63, 3.8) is 0 Å². The zero-order valence-corrected chi connectivity index (χ0v) is 15.7. The average Bonchev–Trinajstić information content (AvgIpc) is 3.01. The lowest BCUT2D eigenvalue weighted by atomic mass is 10.1. The molecule has 1 unspecified atom stereocenters. The van der Waals surface area contributed by atoms with Crippen LogP contribution in [-0.4, -0.2) is 34.8 Å². The van der Waals surface area contributed by atoms with Gasteiger partial charge >= 0.3 is 0 Å². The van der Waals surface area contributed by atoms with Crippen molar-refractivity contribution in [2.24, 2.45) is 12.9 Å². The molecule has 1 atom stereocenters. The van der Waals surface area contributed by atoms with Crippen molar-refractivity contribution in [1.29, 1.82) is 0 Å². The van der Waals surface area contributed by atoms with Crippen LogP contribution in [-0.2, 0) is 31.3 Å². The van der Waals surface area contributed by atoms with Gasteiger partial charge in [-0.2, -0.15) is 4.41 Å². The third kappa shape index (κ3) is 3.61. The number of rotatable bonds is 6. The number of hydrazine groups is 1. The van der Waals surface area contributed by atoms with Crippen LogP contribution in [0.1, 0.15) is 18.1 Å². The van der Waals surface area contributed by atoms with E-state index in [0.717, 1.165) is 44.5 Å². The molecule has 2 aromatic heterocycles. The molecule has 0 radical (unpaired) electrons. The summed E-state index contributed by atoms with van der Waals surface area (Å²) in [5.74, 6) is 6.29. The molecule has 26 heavy (non-hydrogen) atoms. The maximum atomic E-state index is 10.9. The standard InChI is InChI=1S/C17H22N6O2S/c1-4-13-7-12(10-23(18)26(24)25)5-6-15(13)22(3)17-8-16-14(9-19-17)20-11-21(16)2/h5-9,11H,4,10,18H2,1-3H3,(H,24,25)/p-1. The monoisotopic (exact) mass is 373 g/mol. The van der Waals surface area contributed by atoms with E-state index in [9.17, 15) is 8.76 Å². The Hall–Kier alpha value is -2.33. The number of hydrogen-bond donors (Lipinski definition) is 1. The lowest BCUT2D eigenvalue weighted by Crippen LogP contribution is -2.32. The highest BCUT2D eigenvalue weighted by Crippen LogP contribution is 2.29. The van der Waals surface area contributed by atoms with Crippen molar-refractivity contribution in [2.45, 2.75) is 19.9 Å². The van der Waals surface area contributed by atoms with Gasteiger partial charge in [-0.1, -0.05) is 19.1 Å². The fourth-order valence-corrected chi connectivity index (χ4v) is 3.16. The van der Waals surface area contributed by atoms with E-state index in [0.29, 0.717) is 0 Å². The van der Waals surface area contributed by atoms with Crippen LogP contribution in [0.5, 0.6) is 0 Å². The predicted molar refractivity (Wildman–Crippen MR) is 101 cm³/mol. The Morgan fingerprint density at radius 2 is 2.08 bits per heavy atom. The highest BCUT2D eigenvalue weighted by molar-refractivity contribution is 7.76. The van der Waals surface area contributed by atoms with E-state index < -0.39 is 11.3 Å². The topological polar surface area (TPSA) is 103 Å². The van der Waals surface area contributed by atoms with Crippen LogP contribution >= 0.6 is 0 Å². The van der Waals surface area contributed by atoms with Crippen LogP contribution in [0.2, 0.25) is 0 Å². The first kappa shape index (κ1) is 18.5. The van der Waals surface area contributed by atoms with Crippen molar-refractivity contribution >= 4 is 33.8 Å². The van der Waals surface area contributed by atoms with E-state index in [2.05, 4.69) is 16.9 Å². The number of imidazole rings is 1. The average molecular weight is 373 g/mol. The van der Waals surface area contributed by atoms with Crippen molar-refractivity contribution in [2.75, 3.05) is 11.9 Å². The van der Waals surface area contributed by atoms with Gasteiger partial charge in [-0.05, 0) is 23.6 Å². The second-order valence-electron chi connectivity index (χ2n) is 6.05. The summed E-state index contributed by atoms with van der Waals surface area (Å²) in [4.78, 5) is 10.8. The molecule has 3 aromatic rings. The van der Waals surface area contributed by atoms with E-state index in [1.807, 2.05) is 47.8 Å². The number of aryl methyl sites for hydroxylation is 2. The number of pyridine rings is 1. The minimum Gasteiger partial charge on any atom is -0.759 e. The fourth-order valence-electron chi connectivity index (χ4n) is 2.91. The van der Waals surface area contributed by atoms with Crippen LogP contribution < -0.4 is 10.7 Å². The summed E-state index contributed by atoms with van der Waals surface area (Å²) >= 11 is -2.44. The number of nitrogens with two attached hydrogens (primary N) is 1. The van der Waals surface area contributed by atoms with Gasteiger partial charge in [0.1, 0.15) is 11.3 Å². The normalized spacial score (nSPS) is 12.7. The quantitative estimate of drug-likeness (QED) is 0.401. The molecule has 0 saturated carbocycles. The summed E-state index contributed by atoms with van der Waals surface area (Å²) in [6.07, 6.45) is 4.32. The van der Waals surface area contributed by atoms with Crippen molar-refractivity contribution < 1.29 is 8.76 Å². The molecule has 0 saturated heterocycles. The summed E-state index contributed by atoms with van der Waals surface area (Å²) in [6.45, 7) is 2.19. The molecule has 8 nitrogen and oxygen atoms in total. The van der Waals surface area contributed by atoms with Gasteiger partial charge in [0.25, 0.3) is 0 Å². The molecule has 9 heteroatoms. The Bertz CT molecular complexity index is 958. The zero-order chi connectivity index (χ0) is 18.8. The molecule has 2 heterocycles. The Labute approximate surface area is 154 Å².